The Hall–Kier alpha value is -1.80. The first-order chi connectivity index (χ1) is 6.46. The molecule has 86 valence electrons. The molecule has 0 aliphatic rings. The third kappa shape index (κ3) is 72.0. The van der Waals surface area contributed by atoms with Gasteiger partial charge in [0.15, 0.2) is 0 Å². The number of carboxylic acid groups (broad SMARTS) is 1. The molecule has 0 saturated carbocycles. The van der Waals surface area contributed by atoms with Crippen molar-refractivity contribution in [2.45, 2.75) is 6.92 Å². The average Bonchev–Trinajstić information content (AvgIpc) is 2.05. The number of hydrogen-bond donors (Lipinski definition) is 2. The minimum absolute atomic E-state index is 0. The van der Waals surface area contributed by atoms with Crippen LogP contribution in [0.3, 0.4) is 0 Å². The highest BCUT2D eigenvalue weighted by Crippen LogP contribution is 1.73. The van der Waals surface area contributed by atoms with Gasteiger partial charge in [0.05, 0.1) is 0 Å². The molecule has 1 rings (SSSR count). The van der Waals surface area contributed by atoms with E-state index in [1.165, 1.54) is 0 Å². The maximum Gasteiger partial charge on any atom is 0.425 e. The molecule has 0 aromatic carbocycles. The van der Waals surface area contributed by atoms with Gasteiger partial charge in [-0.05, 0) is 12.1 Å². The van der Waals surface area contributed by atoms with Crippen molar-refractivity contribution in [3.05, 3.63) is 30.6 Å². The molecule has 1 heterocycles. The summed E-state index contributed by atoms with van der Waals surface area (Å²) < 4.78 is 25.3. The van der Waals surface area contributed by atoms with Crippen molar-refractivity contribution in [3.63, 3.8) is 0 Å². The number of carboxylic acids is 1. The molecule has 0 saturated heterocycles. The molecular weight excluding hydrogens is 224 g/mol. The summed E-state index contributed by atoms with van der Waals surface area (Å²) in [6.07, 6.45) is 3.50. The van der Waals surface area contributed by atoms with E-state index < -0.39 is 16.6 Å². The molecule has 0 spiro atoms. The van der Waals surface area contributed by atoms with Crippen molar-refractivity contribution in [3.8, 4) is 0 Å². The van der Waals surface area contributed by atoms with E-state index >= 15 is 0 Å². The summed E-state index contributed by atoms with van der Waals surface area (Å²) in [5.74, 6) is -0.833. The van der Waals surface area contributed by atoms with Crippen LogP contribution >= 0.6 is 0 Å². The second kappa shape index (κ2) is 14.7. The van der Waals surface area contributed by atoms with E-state index in [9.17, 15) is 0 Å². The van der Waals surface area contributed by atoms with Crippen LogP contribution in [0.5, 0.6) is 0 Å². The van der Waals surface area contributed by atoms with Gasteiger partial charge in [-0.3, -0.25) is 9.78 Å². The summed E-state index contributed by atoms with van der Waals surface area (Å²) in [5.41, 5.74) is 0. The summed E-state index contributed by atoms with van der Waals surface area (Å²) in [5, 5.41) is 7.42. The van der Waals surface area contributed by atoms with E-state index in [2.05, 4.69) is 4.98 Å². The lowest BCUT2D eigenvalue weighted by Crippen LogP contribution is -1.78. The molecule has 15 heavy (non-hydrogen) atoms. The second-order valence-corrected chi connectivity index (χ2v) is 2.16. The van der Waals surface area contributed by atoms with Gasteiger partial charge in [0.25, 0.3) is 5.97 Å². The largest absolute Gasteiger partial charge is 0.481 e. The quantitative estimate of drug-likeness (QED) is 0.662. The highest BCUT2D eigenvalue weighted by Gasteiger charge is 1.65. The zero-order chi connectivity index (χ0) is 11.4. The lowest BCUT2D eigenvalue weighted by Gasteiger charge is -1.70. The Bertz CT molecular complexity index is 298. The number of aliphatic carboxylic acids is 1. The van der Waals surface area contributed by atoms with Crippen molar-refractivity contribution in [1.82, 2.24) is 11.1 Å². The topological polar surface area (TPSA) is 136 Å². The molecule has 4 N–H and O–H groups in total. The molecule has 7 nitrogen and oxygen atoms in total. The first-order valence-electron chi connectivity index (χ1n) is 3.28. The number of rotatable bonds is 0. The summed E-state index contributed by atoms with van der Waals surface area (Å²) in [6, 6.07) is 5.72. The molecule has 1 aromatic heterocycles. The van der Waals surface area contributed by atoms with Gasteiger partial charge in [-0.25, -0.2) is 0 Å². The number of carbonyl (C=O) groups is 1. The van der Waals surface area contributed by atoms with Gasteiger partial charge in [-0.1, -0.05) is 6.07 Å². The van der Waals surface area contributed by atoms with Crippen molar-refractivity contribution in [2.75, 3.05) is 0 Å². The van der Waals surface area contributed by atoms with Crippen LogP contribution in [0.4, 0.5) is 0 Å². The predicted octanol–water partition coefficient (Wildman–Crippen LogP) is 0.330. The fraction of sp³-hybridized carbons (Fsp3) is 0.143. The highest BCUT2D eigenvalue weighted by atomic mass is 32.2. The normalized spacial score (nSPS) is 6.47. The molecular formula is C7H12N2O5S. The second-order valence-electron chi connectivity index (χ2n) is 1.75. The minimum Gasteiger partial charge on any atom is -0.481 e. The minimum atomic E-state index is -3.11. The van der Waals surface area contributed by atoms with Crippen LogP contribution < -0.4 is 6.15 Å². The van der Waals surface area contributed by atoms with Crippen LogP contribution in [-0.4, -0.2) is 28.7 Å². The first-order valence-corrected chi connectivity index (χ1v) is 4.28. The summed E-state index contributed by atoms with van der Waals surface area (Å²) in [6.45, 7) is 1.08. The lowest BCUT2D eigenvalue weighted by molar-refractivity contribution is -0.134. The van der Waals surface area contributed by atoms with Crippen molar-refractivity contribution in [2.24, 2.45) is 0 Å². The SMILES string of the molecule is CC(=O)O.N.O=S(=O)=O.c1ccncc1. The Labute approximate surface area is 88.4 Å². The van der Waals surface area contributed by atoms with Gasteiger partial charge in [0, 0.05) is 19.3 Å². The number of nitrogens with zero attached hydrogens (tertiary/aromatic N) is 1. The van der Waals surface area contributed by atoms with Crippen LogP contribution in [0, 0.1) is 0 Å². The van der Waals surface area contributed by atoms with E-state index in [-0.39, 0.29) is 6.15 Å². The predicted molar refractivity (Wildman–Crippen MR) is 52.3 cm³/mol. The Kier molecular flexibility index (Phi) is 18.5. The van der Waals surface area contributed by atoms with Gasteiger partial charge in [-0.2, -0.15) is 0 Å². The molecule has 0 aliphatic heterocycles. The number of aromatic nitrogens is 1. The Morgan fingerprint density at radius 1 is 1.13 bits per heavy atom. The van der Waals surface area contributed by atoms with E-state index in [4.69, 9.17) is 22.5 Å². The Morgan fingerprint density at radius 3 is 1.47 bits per heavy atom. The molecule has 0 bridgehead atoms. The third-order valence-electron chi connectivity index (χ3n) is 0.566. The highest BCUT2D eigenvalue weighted by molar-refractivity contribution is 7.59. The summed E-state index contributed by atoms with van der Waals surface area (Å²) in [4.78, 5) is 12.8. The molecule has 0 atom stereocenters. The lowest BCUT2D eigenvalue weighted by atomic mass is 10.5. The fourth-order valence-electron chi connectivity index (χ4n) is 0.313. The van der Waals surface area contributed by atoms with Crippen LogP contribution in [0.2, 0.25) is 0 Å². The maximum absolute atomic E-state index is 9.00. The Balaban J connectivity index is -0.000000145. The van der Waals surface area contributed by atoms with Crippen LogP contribution in [0.15, 0.2) is 30.6 Å². The average molecular weight is 236 g/mol. The van der Waals surface area contributed by atoms with E-state index in [1.807, 2.05) is 18.2 Å². The molecule has 0 fully saturated rings. The fourth-order valence-corrected chi connectivity index (χ4v) is 0.313. The number of hydrogen-bond acceptors (Lipinski definition) is 6. The first kappa shape index (κ1) is 18.9. The smallest absolute Gasteiger partial charge is 0.425 e. The Morgan fingerprint density at radius 2 is 1.40 bits per heavy atom. The van der Waals surface area contributed by atoms with Crippen LogP contribution in [-0.2, 0) is 15.4 Å². The van der Waals surface area contributed by atoms with E-state index in [1.54, 1.807) is 12.4 Å². The van der Waals surface area contributed by atoms with Gasteiger partial charge >= 0.3 is 10.6 Å². The van der Waals surface area contributed by atoms with Crippen LogP contribution in [0.1, 0.15) is 6.92 Å². The van der Waals surface area contributed by atoms with Gasteiger partial charge in [0.1, 0.15) is 0 Å². The number of pyridine rings is 1. The molecule has 0 aliphatic carbocycles. The monoisotopic (exact) mass is 236 g/mol. The van der Waals surface area contributed by atoms with Crippen molar-refractivity contribution < 1.29 is 22.5 Å². The standard InChI is InChI=1S/C5H5N.C2H4O2.H3N.O3S/c1-2-4-6-5-3-1;1-2(3)4;;1-4(2)3/h1-5H;1H3,(H,3,4);1H3;. The zero-order valence-electron chi connectivity index (χ0n) is 8.03. The third-order valence-corrected chi connectivity index (χ3v) is 0.566. The molecule has 0 radical (unpaired) electrons. The van der Waals surface area contributed by atoms with Gasteiger partial charge in [0.2, 0.25) is 0 Å². The zero-order valence-corrected chi connectivity index (χ0v) is 8.85. The van der Waals surface area contributed by atoms with E-state index in [0.29, 0.717) is 0 Å². The van der Waals surface area contributed by atoms with Crippen molar-refractivity contribution >= 4 is 16.6 Å². The molecule has 0 amide bonds. The molecule has 1 aromatic rings. The van der Waals surface area contributed by atoms with Gasteiger partial charge in [-0.15, -0.1) is 12.6 Å². The van der Waals surface area contributed by atoms with Gasteiger partial charge < -0.3 is 11.3 Å². The summed E-state index contributed by atoms with van der Waals surface area (Å²) >= 11 is 0. The molecule has 8 heteroatoms. The van der Waals surface area contributed by atoms with Crippen molar-refractivity contribution in [1.29, 1.82) is 0 Å². The van der Waals surface area contributed by atoms with Crippen LogP contribution in [0.25, 0.3) is 0 Å². The summed E-state index contributed by atoms with van der Waals surface area (Å²) in [7, 11) is -3.11. The molecule has 0 unspecified atom stereocenters. The maximum atomic E-state index is 9.00. The van der Waals surface area contributed by atoms with E-state index in [0.717, 1.165) is 6.92 Å².